The number of carbonyl (C=O) groups is 1. The minimum absolute atomic E-state index is 0.108. The fourth-order valence-corrected chi connectivity index (χ4v) is 2.02. The fourth-order valence-electron chi connectivity index (χ4n) is 2.02. The van der Waals surface area contributed by atoms with Crippen LogP contribution >= 0.6 is 0 Å². The van der Waals surface area contributed by atoms with Gasteiger partial charge in [-0.2, -0.15) is 0 Å². The highest BCUT2D eigenvalue weighted by Gasteiger charge is 2.34. The Hall–Kier alpha value is -0.770. The molecule has 1 aliphatic heterocycles. The number of nitrogens with zero attached hydrogens (tertiary/aromatic N) is 1. The van der Waals surface area contributed by atoms with Crippen LogP contribution in [0.4, 0.5) is 4.79 Å². The Morgan fingerprint density at radius 1 is 1.25 bits per heavy atom. The van der Waals surface area contributed by atoms with Crippen molar-refractivity contribution in [2.24, 2.45) is 11.8 Å². The zero-order valence-electron chi connectivity index (χ0n) is 10.9. The number of aliphatic hydroxyl groups excluding tert-OH is 1. The summed E-state index contributed by atoms with van der Waals surface area (Å²) in [6.07, 6.45) is -0.600. The summed E-state index contributed by atoms with van der Waals surface area (Å²) in [5.74, 6) is 0.215. The molecule has 4 nitrogen and oxygen atoms in total. The Morgan fingerprint density at radius 3 is 2.06 bits per heavy atom. The molecule has 1 heterocycles. The Bertz CT molecular complexity index is 247. The van der Waals surface area contributed by atoms with E-state index < -0.39 is 5.60 Å². The second kappa shape index (κ2) is 4.62. The van der Waals surface area contributed by atoms with Crippen LogP contribution in [0.15, 0.2) is 0 Å². The molecule has 94 valence electrons. The highest BCUT2D eigenvalue weighted by molar-refractivity contribution is 5.68. The number of amides is 1. The van der Waals surface area contributed by atoms with Gasteiger partial charge < -0.3 is 14.7 Å². The maximum Gasteiger partial charge on any atom is 0.410 e. The second-order valence-electron chi connectivity index (χ2n) is 5.83. The first-order chi connectivity index (χ1) is 7.20. The van der Waals surface area contributed by atoms with Crippen LogP contribution < -0.4 is 0 Å². The average Bonchev–Trinajstić information content (AvgIpc) is 2.10. The summed E-state index contributed by atoms with van der Waals surface area (Å²) in [5.41, 5.74) is -0.459. The minimum Gasteiger partial charge on any atom is -0.444 e. The lowest BCUT2D eigenvalue weighted by Crippen LogP contribution is -2.50. The van der Waals surface area contributed by atoms with Crippen molar-refractivity contribution >= 4 is 6.09 Å². The summed E-state index contributed by atoms with van der Waals surface area (Å²) in [4.78, 5) is 13.5. The largest absolute Gasteiger partial charge is 0.444 e. The molecule has 0 saturated carbocycles. The van der Waals surface area contributed by atoms with E-state index >= 15 is 0 Å². The number of hydrogen-bond acceptors (Lipinski definition) is 3. The van der Waals surface area contributed by atoms with Gasteiger partial charge in [-0.3, -0.25) is 0 Å². The van der Waals surface area contributed by atoms with Crippen molar-refractivity contribution in [2.75, 3.05) is 13.1 Å². The van der Waals surface area contributed by atoms with Crippen LogP contribution in [-0.4, -0.2) is 40.9 Å². The van der Waals surface area contributed by atoms with Gasteiger partial charge in [-0.05, 0) is 20.8 Å². The third-order valence-corrected chi connectivity index (χ3v) is 2.83. The molecule has 0 bridgehead atoms. The molecule has 1 rings (SSSR count). The van der Waals surface area contributed by atoms with Crippen LogP contribution in [-0.2, 0) is 4.74 Å². The highest BCUT2D eigenvalue weighted by atomic mass is 16.6. The normalized spacial score (nSPS) is 28.0. The van der Waals surface area contributed by atoms with E-state index in [9.17, 15) is 9.90 Å². The van der Waals surface area contributed by atoms with Crippen LogP contribution in [0, 0.1) is 11.8 Å². The Balaban J connectivity index is 2.58. The molecule has 0 aliphatic carbocycles. The Kier molecular flexibility index (Phi) is 3.84. The first-order valence-corrected chi connectivity index (χ1v) is 5.86. The van der Waals surface area contributed by atoms with E-state index in [1.165, 1.54) is 0 Å². The molecule has 0 radical (unpaired) electrons. The summed E-state index contributed by atoms with van der Waals surface area (Å²) >= 11 is 0. The quantitative estimate of drug-likeness (QED) is 0.690. The second-order valence-corrected chi connectivity index (χ2v) is 5.83. The number of aliphatic hydroxyl groups is 1. The van der Waals surface area contributed by atoms with Gasteiger partial charge in [-0.1, -0.05) is 13.8 Å². The van der Waals surface area contributed by atoms with Gasteiger partial charge in [0.25, 0.3) is 0 Å². The minimum atomic E-state index is -0.459. The number of ether oxygens (including phenoxy) is 1. The molecule has 0 spiro atoms. The lowest BCUT2D eigenvalue weighted by atomic mass is 9.89. The van der Waals surface area contributed by atoms with Gasteiger partial charge in [-0.25, -0.2) is 4.79 Å². The maximum absolute atomic E-state index is 11.8. The number of likely N-dealkylation sites (tertiary alicyclic amines) is 1. The van der Waals surface area contributed by atoms with Crippen LogP contribution in [0.5, 0.6) is 0 Å². The van der Waals surface area contributed by atoms with Crippen molar-refractivity contribution < 1.29 is 14.6 Å². The fraction of sp³-hybridized carbons (Fsp3) is 0.917. The van der Waals surface area contributed by atoms with E-state index in [1.807, 2.05) is 34.6 Å². The molecule has 1 fully saturated rings. The molecular formula is C12H23NO3. The van der Waals surface area contributed by atoms with Gasteiger partial charge in [0.15, 0.2) is 0 Å². The van der Waals surface area contributed by atoms with Gasteiger partial charge in [-0.15, -0.1) is 0 Å². The molecular weight excluding hydrogens is 206 g/mol. The molecule has 0 aromatic rings. The van der Waals surface area contributed by atoms with Crippen LogP contribution in [0.1, 0.15) is 34.6 Å². The first kappa shape index (κ1) is 13.3. The van der Waals surface area contributed by atoms with E-state index in [2.05, 4.69) is 0 Å². The lowest BCUT2D eigenvalue weighted by Gasteiger charge is -2.39. The third kappa shape index (κ3) is 3.37. The number of rotatable bonds is 0. The number of carbonyl (C=O) groups excluding carboxylic acids is 1. The molecule has 1 aliphatic rings. The summed E-state index contributed by atoms with van der Waals surface area (Å²) < 4.78 is 5.31. The molecule has 1 N–H and O–H groups in total. The summed E-state index contributed by atoms with van der Waals surface area (Å²) in [5, 5.41) is 9.80. The maximum atomic E-state index is 11.8. The van der Waals surface area contributed by atoms with Gasteiger partial charge in [0.05, 0.1) is 6.10 Å². The molecule has 0 unspecified atom stereocenters. The smallest absolute Gasteiger partial charge is 0.410 e. The van der Waals surface area contributed by atoms with E-state index in [1.54, 1.807) is 4.90 Å². The predicted octanol–water partition coefficient (Wildman–Crippen LogP) is 1.87. The van der Waals surface area contributed by atoms with Gasteiger partial charge in [0.2, 0.25) is 0 Å². The van der Waals surface area contributed by atoms with Crippen LogP contribution in [0.25, 0.3) is 0 Å². The van der Waals surface area contributed by atoms with Gasteiger partial charge >= 0.3 is 6.09 Å². The number of piperidine rings is 1. The first-order valence-electron chi connectivity index (χ1n) is 5.86. The summed E-state index contributed by atoms with van der Waals surface area (Å²) in [7, 11) is 0. The number of hydrogen-bond donors (Lipinski definition) is 1. The predicted molar refractivity (Wildman–Crippen MR) is 62.1 cm³/mol. The molecule has 2 atom stereocenters. The summed E-state index contributed by atoms with van der Waals surface area (Å²) in [6, 6.07) is 0. The molecule has 0 aromatic carbocycles. The SMILES string of the molecule is C[C@@H]1CN(C(=O)OC(C)(C)C)C[C@@H](C)C1O. The van der Waals surface area contributed by atoms with Crippen molar-refractivity contribution in [3.05, 3.63) is 0 Å². The van der Waals surface area contributed by atoms with E-state index in [-0.39, 0.29) is 24.0 Å². The summed E-state index contributed by atoms with van der Waals surface area (Å²) in [6.45, 7) is 10.6. The monoisotopic (exact) mass is 229 g/mol. The van der Waals surface area contributed by atoms with E-state index in [0.717, 1.165) is 0 Å². The van der Waals surface area contributed by atoms with Crippen molar-refractivity contribution in [1.29, 1.82) is 0 Å². The van der Waals surface area contributed by atoms with Gasteiger partial charge in [0, 0.05) is 24.9 Å². The van der Waals surface area contributed by atoms with Crippen LogP contribution in [0.3, 0.4) is 0 Å². The van der Waals surface area contributed by atoms with Crippen molar-refractivity contribution in [3.63, 3.8) is 0 Å². The van der Waals surface area contributed by atoms with Crippen molar-refractivity contribution in [3.8, 4) is 0 Å². The molecule has 0 aromatic heterocycles. The Labute approximate surface area is 97.6 Å². The molecule has 1 saturated heterocycles. The average molecular weight is 229 g/mol. The van der Waals surface area contributed by atoms with E-state index in [0.29, 0.717) is 13.1 Å². The molecule has 4 heteroatoms. The van der Waals surface area contributed by atoms with Gasteiger partial charge in [0.1, 0.15) is 5.60 Å². The van der Waals surface area contributed by atoms with E-state index in [4.69, 9.17) is 4.74 Å². The standard InChI is InChI=1S/C12H23NO3/c1-8-6-13(7-9(2)10(8)14)11(15)16-12(3,4)5/h8-10,14H,6-7H2,1-5H3/t8-,9-/m1/s1. The Morgan fingerprint density at radius 2 is 1.69 bits per heavy atom. The zero-order chi connectivity index (χ0) is 12.5. The third-order valence-electron chi connectivity index (χ3n) is 2.83. The molecule has 1 amide bonds. The highest BCUT2D eigenvalue weighted by Crippen LogP contribution is 2.23. The zero-order valence-corrected chi connectivity index (χ0v) is 10.9. The van der Waals surface area contributed by atoms with Crippen molar-refractivity contribution in [2.45, 2.75) is 46.3 Å². The van der Waals surface area contributed by atoms with Crippen LogP contribution in [0.2, 0.25) is 0 Å². The van der Waals surface area contributed by atoms with Crippen molar-refractivity contribution in [1.82, 2.24) is 4.90 Å². The topological polar surface area (TPSA) is 49.8 Å². The lowest BCUT2D eigenvalue weighted by molar-refractivity contribution is -0.0272. The molecule has 16 heavy (non-hydrogen) atoms.